The number of fused-ring (bicyclic) bond motifs is 1. The molecule has 1 amide bonds. The summed E-state index contributed by atoms with van der Waals surface area (Å²) in [7, 11) is 3.96. The van der Waals surface area contributed by atoms with Crippen LogP contribution in [0.1, 0.15) is 48.6 Å². The van der Waals surface area contributed by atoms with Crippen LogP contribution in [0.3, 0.4) is 0 Å². The normalized spacial score (nSPS) is 21.5. The van der Waals surface area contributed by atoms with E-state index in [-0.39, 0.29) is 17.4 Å². The third-order valence-corrected chi connectivity index (χ3v) is 6.42. The molecule has 1 saturated heterocycles. The number of hydrogen-bond acceptors (Lipinski definition) is 5. The molecule has 0 bridgehead atoms. The minimum absolute atomic E-state index is 0.0803. The van der Waals surface area contributed by atoms with E-state index in [4.69, 9.17) is 4.74 Å². The highest BCUT2D eigenvalue weighted by atomic mass is 16.5. The molecule has 0 radical (unpaired) electrons. The third-order valence-electron chi connectivity index (χ3n) is 6.42. The fourth-order valence-corrected chi connectivity index (χ4v) is 4.67. The Hall–Kier alpha value is -3.12. The van der Waals surface area contributed by atoms with Gasteiger partial charge in [0, 0.05) is 18.5 Å². The number of ketones is 1. The zero-order chi connectivity index (χ0) is 23.7. The highest BCUT2D eigenvalue weighted by molar-refractivity contribution is 6.46. The van der Waals surface area contributed by atoms with Gasteiger partial charge in [0.15, 0.2) is 0 Å². The van der Waals surface area contributed by atoms with Crippen molar-refractivity contribution in [1.82, 2.24) is 9.80 Å². The number of benzene rings is 2. The van der Waals surface area contributed by atoms with Crippen LogP contribution in [0.15, 0.2) is 48.0 Å². The zero-order valence-corrected chi connectivity index (χ0v) is 19.8. The number of ether oxygens (including phenoxy) is 1. The first kappa shape index (κ1) is 23.1. The van der Waals surface area contributed by atoms with E-state index in [1.165, 1.54) is 5.56 Å². The summed E-state index contributed by atoms with van der Waals surface area (Å²) in [5, 5.41) is 11.3. The Labute approximate surface area is 195 Å². The molecule has 1 N–H and O–H groups in total. The molecule has 0 aromatic heterocycles. The number of nitrogens with zero attached hydrogens (tertiary/aromatic N) is 2. The van der Waals surface area contributed by atoms with Gasteiger partial charge in [-0.05, 0) is 75.3 Å². The Morgan fingerprint density at radius 2 is 1.88 bits per heavy atom. The Morgan fingerprint density at radius 1 is 1.15 bits per heavy atom. The van der Waals surface area contributed by atoms with Crippen molar-refractivity contribution < 1.29 is 19.4 Å². The molecule has 2 aliphatic rings. The van der Waals surface area contributed by atoms with Crippen molar-refractivity contribution in [3.05, 3.63) is 70.3 Å². The summed E-state index contributed by atoms with van der Waals surface area (Å²) in [4.78, 5) is 29.9. The Morgan fingerprint density at radius 3 is 2.55 bits per heavy atom. The van der Waals surface area contributed by atoms with Crippen LogP contribution in [0, 0.1) is 0 Å². The number of Topliss-reactive ketones (excluding diaryl/α,β-unsaturated/α-hetero) is 1. The van der Waals surface area contributed by atoms with E-state index in [0.29, 0.717) is 12.1 Å². The molecule has 0 aliphatic carbocycles. The van der Waals surface area contributed by atoms with E-state index in [2.05, 4.69) is 11.8 Å². The van der Waals surface area contributed by atoms with E-state index in [1.807, 2.05) is 57.4 Å². The van der Waals surface area contributed by atoms with Crippen LogP contribution in [0.4, 0.5) is 0 Å². The first-order valence-electron chi connectivity index (χ1n) is 11.6. The number of aliphatic hydroxyl groups excluding tert-OH is 1. The quantitative estimate of drug-likeness (QED) is 0.395. The lowest BCUT2D eigenvalue weighted by atomic mass is 9.93. The summed E-state index contributed by atoms with van der Waals surface area (Å²) in [5.41, 5.74) is 3.69. The SMILES string of the molecule is CCc1ccc(C2C(=C(O)c3ccc4c(c3)CC(C)O4)C(=O)C(=O)N2CCCN(C)C)cc1. The predicted octanol–water partition coefficient (Wildman–Crippen LogP) is 3.95. The first-order valence-corrected chi connectivity index (χ1v) is 11.6. The monoisotopic (exact) mass is 448 g/mol. The maximum atomic E-state index is 13.2. The molecule has 2 unspecified atom stereocenters. The average Bonchev–Trinajstić information content (AvgIpc) is 3.29. The van der Waals surface area contributed by atoms with Gasteiger partial charge in [-0.1, -0.05) is 31.2 Å². The molecule has 2 aromatic carbocycles. The first-order chi connectivity index (χ1) is 15.8. The van der Waals surface area contributed by atoms with Gasteiger partial charge in [0.2, 0.25) is 0 Å². The highest BCUT2D eigenvalue weighted by Crippen LogP contribution is 2.40. The van der Waals surface area contributed by atoms with Crippen molar-refractivity contribution in [3.8, 4) is 5.75 Å². The van der Waals surface area contributed by atoms with Gasteiger partial charge in [-0.15, -0.1) is 0 Å². The smallest absolute Gasteiger partial charge is 0.295 e. The lowest BCUT2D eigenvalue weighted by molar-refractivity contribution is -0.139. The van der Waals surface area contributed by atoms with Crippen molar-refractivity contribution in [2.24, 2.45) is 0 Å². The minimum atomic E-state index is -0.632. The predicted molar refractivity (Wildman–Crippen MR) is 128 cm³/mol. The standard InChI is InChI=1S/C27H32N2O4/c1-5-18-7-9-19(10-8-18)24-23(26(31)27(32)29(24)14-6-13-28(3)4)25(30)20-11-12-22-21(16-20)15-17(2)33-22/h7-12,16-17,24,30H,5-6,13-15H2,1-4H3. The molecule has 6 heteroatoms. The molecule has 4 rings (SSSR count). The molecule has 174 valence electrons. The average molecular weight is 449 g/mol. The van der Waals surface area contributed by atoms with Gasteiger partial charge in [0.1, 0.15) is 17.6 Å². The summed E-state index contributed by atoms with van der Waals surface area (Å²) in [6.45, 7) is 5.32. The summed E-state index contributed by atoms with van der Waals surface area (Å²) in [6, 6.07) is 12.8. The van der Waals surface area contributed by atoms with Crippen LogP contribution < -0.4 is 4.74 Å². The number of amides is 1. The summed E-state index contributed by atoms with van der Waals surface area (Å²) >= 11 is 0. The van der Waals surface area contributed by atoms with Crippen LogP contribution >= 0.6 is 0 Å². The van der Waals surface area contributed by atoms with Crippen LogP contribution in [-0.2, 0) is 22.4 Å². The van der Waals surface area contributed by atoms with Crippen LogP contribution in [0.25, 0.3) is 5.76 Å². The molecule has 2 aliphatic heterocycles. The van der Waals surface area contributed by atoms with Gasteiger partial charge in [0.05, 0.1) is 11.6 Å². The lowest BCUT2D eigenvalue weighted by Gasteiger charge is -2.26. The molecule has 33 heavy (non-hydrogen) atoms. The second-order valence-electron chi connectivity index (χ2n) is 9.20. The van der Waals surface area contributed by atoms with Gasteiger partial charge in [-0.3, -0.25) is 9.59 Å². The number of aliphatic hydroxyl groups is 1. The molecule has 0 spiro atoms. The van der Waals surface area contributed by atoms with E-state index in [0.717, 1.165) is 42.7 Å². The van der Waals surface area contributed by atoms with Crippen molar-refractivity contribution in [2.45, 2.75) is 45.3 Å². The molecule has 2 aromatic rings. The third kappa shape index (κ3) is 4.53. The molecular formula is C27H32N2O4. The largest absolute Gasteiger partial charge is 0.507 e. The fraction of sp³-hybridized carbons (Fsp3) is 0.407. The van der Waals surface area contributed by atoms with Gasteiger partial charge in [-0.2, -0.15) is 0 Å². The second kappa shape index (κ2) is 9.40. The number of hydrogen-bond donors (Lipinski definition) is 1. The number of likely N-dealkylation sites (tertiary alicyclic amines) is 1. The molecule has 6 nitrogen and oxygen atoms in total. The van der Waals surface area contributed by atoms with E-state index < -0.39 is 17.7 Å². The summed E-state index contributed by atoms with van der Waals surface area (Å²) < 4.78 is 5.77. The van der Waals surface area contributed by atoms with Crippen molar-refractivity contribution in [2.75, 3.05) is 27.2 Å². The molecular weight excluding hydrogens is 416 g/mol. The molecule has 2 heterocycles. The number of aryl methyl sites for hydroxylation is 1. The van der Waals surface area contributed by atoms with E-state index >= 15 is 0 Å². The van der Waals surface area contributed by atoms with Gasteiger partial charge >= 0.3 is 0 Å². The highest BCUT2D eigenvalue weighted by Gasteiger charge is 2.45. The minimum Gasteiger partial charge on any atom is -0.507 e. The van der Waals surface area contributed by atoms with Crippen LogP contribution in [0.2, 0.25) is 0 Å². The maximum Gasteiger partial charge on any atom is 0.295 e. The van der Waals surface area contributed by atoms with Crippen molar-refractivity contribution >= 4 is 17.4 Å². The van der Waals surface area contributed by atoms with Crippen molar-refractivity contribution in [1.29, 1.82) is 0 Å². The molecule has 2 atom stereocenters. The molecule has 1 fully saturated rings. The summed E-state index contributed by atoms with van der Waals surface area (Å²) in [6.07, 6.45) is 2.46. The van der Waals surface area contributed by atoms with Crippen LogP contribution in [0.5, 0.6) is 5.75 Å². The van der Waals surface area contributed by atoms with Crippen molar-refractivity contribution in [3.63, 3.8) is 0 Å². The summed E-state index contributed by atoms with van der Waals surface area (Å²) in [5.74, 6) is -0.518. The van der Waals surface area contributed by atoms with E-state index in [9.17, 15) is 14.7 Å². The number of carbonyl (C=O) groups is 2. The molecule has 0 saturated carbocycles. The maximum absolute atomic E-state index is 13.2. The Balaban J connectivity index is 1.77. The fourth-order valence-electron chi connectivity index (χ4n) is 4.67. The van der Waals surface area contributed by atoms with Gasteiger partial charge in [-0.25, -0.2) is 0 Å². The number of carbonyl (C=O) groups excluding carboxylic acids is 2. The van der Waals surface area contributed by atoms with Gasteiger partial charge in [0.25, 0.3) is 11.7 Å². The van der Waals surface area contributed by atoms with E-state index in [1.54, 1.807) is 11.0 Å². The topological polar surface area (TPSA) is 70.1 Å². The number of rotatable bonds is 7. The van der Waals surface area contributed by atoms with Gasteiger partial charge < -0.3 is 19.6 Å². The van der Waals surface area contributed by atoms with Crippen LogP contribution in [-0.4, -0.2) is 59.9 Å². The lowest BCUT2D eigenvalue weighted by Crippen LogP contribution is -2.32. The zero-order valence-electron chi connectivity index (χ0n) is 19.8. The Bertz CT molecular complexity index is 1090. The Kier molecular flexibility index (Phi) is 6.56. The second-order valence-corrected chi connectivity index (χ2v) is 9.20.